The van der Waals surface area contributed by atoms with E-state index in [9.17, 15) is 13.2 Å². The Morgan fingerprint density at radius 2 is 1.46 bits per heavy atom. The van der Waals surface area contributed by atoms with Crippen LogP contribution in [0.2, 0.25) is 0 Å². The van der Waals surface area contributed by atoms with Crippen LogP contribution < -0.4 is 14.8 Å². The molecule has 1 unspecified atom stereocenters. The van der Waals surface area contributed by atoms with Gasteiger partial charge in [0.15, 0.2) is 0 Å². The van der Waals surface area contributed by atoms with Gasteiger partial charge >= 0.3 is 0 Å². The fraction of sp³-hybridized carbons (Fsp3) is 0.321. The lowest BCUT2D eigenvalue weighted by Crippen LogP contribution is -2.45. The Balaban J connectivity index is 1.92. The second-order valence-corrected chi connectivity index (χ2v) is 10.9. The average molecular weight is 495 g/mol. The highest BCUT2D eigenvalue weighted by atomic mass is 32.2. The van der Waals surface area contributed by atoms with Gasteiger partial charge in [-0.15, -0.1) is 0 Å². The molecule has 1 amide bonds. The lowest BCUT2D eigenvalue weighted by Gasteiger charge is -2.20. The lowest BCUT2D eigenvalue weighted by atomic mass is 10.0. The third kappa shape index (κ3) is 6.93. The molecule has 3 aromatic carbocycles. The Hall–Kier alpha value is -3.16. The van der Waals surface area contributed by atoms with Gasteiger partial charge in [0, 0.05) is 5.69 Å². The Morgan fingerprint density at radius 3 is 2.03 bits per heavy atom. The first-order valence-corrected chi connectivity index (χ1v) is 13.2. The van der Waals surface area contributed by atoms with Crippen LogP contribution in [0.3, 0.4) is 0 Å². The van der Waals surface area contributed by atoms with Crippen molar-refractivity contribution < 1.29 is 17.9 Å². The first kappa shape index (κ1) is 26.4. The van der Waals surface area contributed by atoms with Gasteiger partial charge in [-0.05, 0) is 59.2 Å². The third-order valence-corrected chi connectivity index (χ3v) is 7.38. The summed E-state index contributed by atoms with van der Waals surface area (Å²) >= 11 is 0. The molecule has 0 radical (unpaired) electrons. The first-order valence-electron chi connectivity index (χ1n) is 11.8. The Labute approximate surface area is 208 Å². The smallest absolute Gasteiger partial charge is 0.245 e. The predicted molar refractivity (Wildman–Crippen MR) is 140 cm³/mol. The van der Waals surface area contributed by atoms with Crippen LogP contribution in [0.25, 0.3) is 0 Å². The van der Waals surface area contributed by atoms with Crippen LogP contribution >= 0.6 is 0 Å². The minimum atomic E-state index is -4.07. The maximum absolute atomic E-state index is 13.5. The quantitative estimate of drug-likeness (QED) is 0.391. The predicted octanol–water partition coefficient (Wildman–Crippen LogP) is 5.47. The molecule has 0 aliphatic rings. The van der Waals surface area contributed by atoms with Gasteiger partial charge in [0.05, 0.1) is 7.11 Å². The molecule has 0 heterocycles. The molecule has 0 aliphatic carbocycles. The zero-order valence-corrected chi connectivity index (χ0v) is 21.7. The first-order chi connectivity index (χ1) is 16.6. The molecule has 0 aromatic heterocycles. The molecule has 186 valence electrons. The van der Waals surface area contributed by atoms with Crippen LogP contribution in [0.5, 0.6) is 5.75 Å². The van der Waals surface area contributed by atoms with E-state index in [-0.39, 0.29) is 23.0 Å². The molecule has 3 rings (SSSR count). The van der Waals surface area contributed by atoms with E-state index in [0.29, 0.717) is 11.6 Å². The maximum Gasteiger partial charge on any atom is 0.245 e. The summed E-state index contributed by atoms with van der Waals surface area (Å²) in [7, 11) is -2.64. The van der Waals surface area contributed by atoms with Gasteiger partial charge in [-0.2, -0.15) is 4.72 Å². The van der Waals surface area contributed by atoms with Crippen molar-refractivity contribution in [3.63, 3.8) is 0 Å². The molecule has 0 aliphatic heterocycles. The number of carbonyl (C=O) groups is 1. The zero-order valence-electron chi connectivity index (χ0n) is 20.9. The van der Waals surface area contributed by atoms with Crippen molar-refractivity contribution in [1.82, 2.24) is 4.72 Å². The average Bonchev–Trinajstić information content (AvgIpc) is 2.84. The molecule has 0 bridgehead atoms. The molecule has 6 nitrogen and oxygen atoms in total. The molecule has 3 aromatic rings. The number of amides is 1. The summed E-state index contributed by atoms with van der Waals surface area (Å²) < 4.78 is 34.9. The fourth-order valence-electron chi connectivity index (χ4n) is 3.73. The molecule has 0 saturated heterocycles. The van der Waals surface area contributed by atoms with Crippen molar-refractivity contribution >= 4 is 21.6 Å². The summed E-state index contributed by atoms with van der Waals surface area (Å²) in [5.41, 5.74) is 3.46. The lowest BCUT2D eigenvalue weighted by molar-refractivity contribution is -0.117. The highest BCUT2D eigenvalue weighted by molar-refractivity contribution is 7.89. The van der Waals surface area contributed by atoms with Gasteiger partial charge in [-0.1, -0.05) is 76.2 Å². The number of hydrogen-bond acceptors (Lipinski definition) is 4. The fourth-order valence-corrected chi connectivity index (χ4v) is 5.13. The minimum absolute atomic E-state index is 0.0124. The number of carbonyl (C=O) groups excluding carboxylic acids is 1. The summed E-state index contributed by atoms with van der Waals surface area (Å²) in [6, 6.07) is 21.0. The number of hydrogen-bond donors (Lipinski definition) is 2. The van der Waals surface area contributed by atoms with Crippen molar-refractivity contribution in [2.75, 3.05) is 12.4 Å². The molecule has 35 heavy (non-hydrogen) atoms. The second kappa shape index (κ2) is 11.5. The number of sulfonamides is 1. The third-order valence-electron chi connectivity index (χ3n) is 5.89. The van der Waals surface area contributed by atoms with E-state index in [1.807, 2.05) is 74.5 Å². The van der Waals surface area contributed by atoms with E-state index in [1.54, 1.807) is 12.1 Å². The molecule has 1 atom stereocenters. The Bertz CT molecular complexity index is 1240. The second-order valence-electron chi connectivity index (χ2n) is 9.19. The molecule has 7 heteroatoms. The summed E-state index contributed by atoms with van der Waals surface area (Å²) in [6.07, 6.45) is 0.197. The SMILES string of the molecule is COc1ccc(C(C)C)cc1S(=O)(=O)NC(Cc1ccccc1)C(=O)Nc1ccc(C(C)C)cc1. The molecule has 0 fully saturated rings. The number of anilines is 1. The Morgan fingerprint density at radius 1 is 0.857 bits per heavy atom. The van der Waals surface area contributed by atoms with Gasteiger partial charge < -0.3 is 10.1 Å². The maximum atomic E-state index is 13.5. The van der Waals surface area contributed by atoms with Gasteiger partial charge in [-0.25, -0.2) is 8.42 Å². The van der Waals surface area contributed by atoms with E-state index >= 15 is 0 Å². The summed E-state index contributed by atoms with van der Waals surface area (Å²) in [6.45, 7) is 8.17. The van der Waals surface area contributed by atoms with E-state index in [4.69, 9.17) is 4.74 Å². The standard InChI is InChI=1S/C28H34N2O4S/c1-19(2)22-11-14-24(15-12-22)29-28(31)25(17-21-9-7-6-8-10-21)30-35(32,33)27-18-23(20(3)4)13-16-26(27)34-5/h6-16,18-20,25,30H,17H2,1-5H3,(H,29,31). The van der Waals surface area contributed by atoms with Gasteiger partial charge in [-0.3, -0.25) is 4.79 Å². The van der Waals surface area contributed by atoms with Crippen LogP contribution in [0.4, 0.5) is 5.69 Å². The van der Waals surface area contributed by atoms with E-state index in [0.717, 1.165) is 16.7 Å². The van der Waals surface area contributed by atoms with E-state index < -0.39 is 22.0 Å². The molecule has 0 spiro atoms. The van der Waals surface area contributed by atoms with Crippen LogP contribution in [0.15, 0.2) is 77.7 Å². The largest absolute Gasteiger partial charge is 0.495 e. The highest BCUT2D eigenvalue weighted by Crippen LogP contribution is 2.28. The van der Waals surface area contributed by atoms with Gasteiger partial charge in [0.2, 0.25) is 15.9 Å². The summed E-state index contributed by atoms with van der Waals surface area (Å²) in [4.78, 5) is 13.3. The summed E-state index contributed by atoms with van der Waals surface area (Å²) in [5.74, 6) is 0.291. The molecule has 2 N–H and O–H groups in total. The molecular formula is C28H34N2O4S. The van der Waals surface area contributed by atoms with Gasteiger partial charge in [0.25, 0.3) is 0 Å². The van der Waals surface area contributed by atoms with Crippen LogP contribution in [-0.2, 0) is 21.2 Å². The minimum Gasteiger partial charge on any atom is -0.495 e. The van der Waals surface area contributed by atoms with E-state index in [1.165, 1.54) is 7.11 Å². The van der Waals surface area contributed by atoms with Gasteiger partial charge in [0.1, 0.15) is 16.7 Å². The van der Waals surface area contributed by atoms with Crippen molar-refractivity contribution in [1.29, 1.82) is 0 Å². The Kier molecular flexibility index (Phi) is 8.70. The number of rotatable bonds is 10. The summed E-state index contributed by atoms with van der Waals surface area (Å²) in [5, 5.41) is 2.86. The molecule has 0 saturated carbocycles. The number of methoxy groups -OCH3 is 1. The number of nitrogens with one attached hydrogen (secondary N) is 2. The molecular weight excluding hydrogens is 460 g/mol. The monoisotopic (exact) mass is 494 g/mol. The topological polar surface area (TPSA) is 84.5 Å². The normalized spacial score (nSPS) is 12.5. The van der Waals surface area contributed by atoms with Crippen LogP contribution in [0, 0.1) is 0 Å². The van der Waals surface area contributed by atoms with Crippen LogP contribution in [0.1, 0.15) is 56.2 Å². The van der Waals surface area contributed by atoms with E-state index in [2.05, 4.69) is 23.9 Å². The highest BCUT2D eigenvalue weighted by Gasteiger charge is 2.29. The number of benzene rings is 3. The van der Waals surface area contributed by atoms with Crippen LogP contribution in [-0.4, -0.2) is 27.5 Å². The van der Waals surface area contributed by atoms with Crippen molar-refractivity contribution in [2.45, 2.75) is 56.9 Å². The van der Waals surface area contributed by atoms with Crippen molar-refractivity contribution in [3.05, 3.63) is 89.5 Å². The van der Waals surface area contributed by atoms with Crippen molar-refractivity contribution in [3.8, 4) is 5.75 Å². The zero-order chi connectivity index (χ0) is 25.6. The van der Waals surface area contributed by atoms with Crippen molar-refractivity contribution in [2.24, 2.45) is 0 Å². The number of ether oxygens (including phenoxy) is 1.